The number of carboxylic acids is 1. The molecule has 0 bridgehead atoms. The number of anilines is 1. The molecular weight excluding hydrogens is 254 g/mol. The van der Waals surface area contributed by atoms with Gasteiger partial charge in [0.15, 0.2) is 5.82 Å². The van der Waals surface area contributed by atoms with Crippen LogP contribution in [-0.4, -0.2) is 33.9 Å². The first-order valence-corrected chi connectivity index (χ1v) is 7.52. The van der Waals surface area contributed by atoms with Gasteiger partial charge in [0.1, 0.15) is 5.56 Å². The number of hydrogen-bond acceptors (Lipinski definition) is 4. The first-order chi connectivity index (χ1) is 9.63. The van der Waals surface area contributed by atoms with E-state index in [-0.39, 0.29) is 0 Å². The number of rotatable bonds is 5. The van der Waals surface area contributed by atoms with Crippen molar-refractivity contribution in [3.05, 3.63) is 16.8 Å². The molecule has 1 aliphatic rings. The maximum atomic E-state index is 11.7. The van der Waals surface area contributed by atoms with E-state index in [0.29, 0.717) is 30.3 Å². The summed E-state index contributed by atoms with van der Waals surface area (Å²) < 4.78 is 0. The van der Waals surface area contributed by atoms with E-state index in [1.54, 1.807) is 0 Å². The number of nitrogens with zero attached hydrogens (tertiary/aromatic N) is 3. The largest absolute Gasteiger partial charge is 0.478 e. The van der Waals surface area contributed by atoms with Crippen LogP contribution in [0.5, 0.6) is 0 Å². The molecule has 1 aromatic heterocycles. The molecular formula is C15H23N3O2. The normalized spacial score (nSPS) is 18.6. The Kier molecular flexibility index (Phi) is 4.57. The van der Waals surface area contributed by atoms with Gasteiger partial charge in [-0.25, -0.2) is 4.79 Å². The van der Waals surface area contributed by atoms with Gasteiger partial charge < -0.3 is 10.0 Å². The lowest BCUT2D eigenvalue weighted by Gasteiger charge is -2.26. The second-order valence-corrected chi connectivity index (χ2v) is 5.23. The molecule has 1 aromatic rings. The molecule has 1 unspecified atom stereocenters. The molecule has 0 amide bonds. The molecule has 0 aromatic carbocycles. The lowest BCUT2D eigenvalue weighted by atomic mass is 10.0. The van der Waals surface area contributed by atoms with E-state index in [2.05, 4.69) is 22.0 Å². The van der Waals surface area contributed by atoms with Gasteiger partial charge in [0, 0.05) is 12.6 Å². The van der Waals surface area contributed by atoms with E-state index < -0.39 is 5.97 Å². The standard InChI is InChI=1S/C15H23N3O2/c1-4-10-8-7-9-18(10)14-13(15(19)20)11(5-2)12(6-3)16-17-14/h10H,4-9H2,1-3H3,(H,19,20). The van der Waals surface area contributed by atoms with Crippen LogP contribution in [0.3, 0.4) is 0 Å². The molecule has 5 heteroatoms. The van der Waals surface area contributed by atoms with E-state index in [4.69, 9.17) is 0 Å². The number of aromatic carboxylic acids is 1. The molecule has 0 saturated carbocycles. The van der Waals surface area contributed by atoms with Gasteiger partial charge in [0.25, 0.3) is 0 Å². The molecule has 0 radical (unpaired) electrons. The second-order valence-electron chi connectivity index (χ2n) is 5.23. The van der Waals surface area contributed by atoms with Crippen molar-refractivity contribution in [3.8, 4) is 0 Å². The third kappa shape index (κ3) is 2.49. The fourth-order valence-corrected chi connectivity index (χ4v) is 3.13. The zero-order valence-electron chi connectivity index (χ0n) is 12.5. The molecule has 1 aliphatic heterocycles. The van der Waals surface area contributed by atoms with E-state index >= 15 is 0 Å². The summed E-state index contributed by atoms with van der Waals surface area (Å²) in [5.74, 6) is -0.320. The maximum Gasteiger partial charge on any atom is 0.339 e. The summed E-state index contributed by atoms with van der Waals surface area (Å²) in [6.45, 7) is 6.98. The number of aromatic nitrogens is 2. The maximum absolute atomic E-state index is 11.7. The summed E-state index contributed by atoms with van der Waals surface area (Å²) in [5.41, 5.74) is 2.01. The summed E-state index contributed by atoms with van der Waals surface area (Å²) in [5, 5.41) is 18.1. The van der Waals surface area contributed by atoms with E-state index in [9.17, 15) is 9.90 Å². The Morgan fingerprint density at radius 3 is 2.60 bits per heavy atom. The predicted molar refractivity (Wildman–Crippen MR) is 78.4 cm³/mol. The Morgan fingerprint density at radius 1 is 1.30 bits per heavy atom. The number of carboxylic acid groups (broad SMARTS) is 1. The minimum Gasteiger partial charge on any atom is -0.478 e. The van der Waals surface area contributed by atoms with Gasteiger partial charge in [-0.15, -0.1) is 5.10 Å². The molecule has 20 heavy (non-hydrogen) atoms. The highest BCUT2D eigenvalue weighted by molar-refractivity contribution is 5.95. The van der Waals surface area contributed by atoms with Gasteiger partial charge in [-0.05, 0) is 37.7 Å². The Morgan fingerprint density at radius 2 is 2.05 bits per heavy atom. The third-order valence-electron chi connectivity index (χ3n) is 4.16. The molecule has 0 aliphatic carbocycles. The fourth-order valence-electron chi connectivity index (χ4n) is 3.13. The van der Waals surface area contributed by atoms with Crippen LogP contribution in [0.2, 0.25) is 0 Å². The van der Waals surface area contributed by atoms with Crippen LogP contribution in [-0.2, 0) is 12.8 Å². The highest BCUT2D eigenvalue weighted by Gasteiger charge is 2.30. The Bertz CT molecular complexity index is 502. The minimum atomic E-state index is -0.886. The van der Waals surface area contributed by atoms with Crippen molar-refractivity contribution in [2.24, 2.45) is 0 Å². The van der Waals surface area contributed by atoms with Gasteiger partial charge in [-0.2, -0.15) is 5.10 Å². The SMILES string of the molecule is CCc1nnc(N2CCCC2CC)c(C(=O)O)c1CC. The van der Waals surface area contributed by atoms with E-state index in [1.807, 2.05) is 13.8 Å². The van der Waals surface area contributed by atoms with Gasteiger partial charge in [0.2, 0.25) is 0 Å². The molecule has 2 heterocycles. The minimum absolute atomic E-state index is 0.361. The summed E-state index contributed by atoms with van der Waals surface area (Å²) in [7, 11) is 0. The van der Waals surface area contributed by atoms with Crippen LogP contribution in [0, 0.1) is 0 Å². The average Bonchev–Trinajstić information content (AvgIpc) is 2.93. The van der Waals surface area contributed by atoms with Gasteiger partial charge in [0.05, 0.1) is 5.69 Å². The molecule has 1 atom stereocenters. The van der Waals surface area contributed by atoms with Crippen LogP contribution in [0.15, 0.2) is 0 Å². The Hall–Kier alpha value is -1.65. The van der Waals surface area contributed by atoms with Crippen LogP contribution in [0.1, 0.15) is 61.6 Å². The summed E-state index contributed by atoms with van der Waals surface area (Å²) in [6, 6.07) is 0.389. The Balaban J connectivity index is 2.55. The topological polar surface area (TPSA) is 66.3 Å². The van der Waals surface area contributed by atoms with Gasteiger partial charge >= 0.3 is 5.97 Å². The van der Waals surface area contributed by atoms with E-state index in [1.165, 1.54) is 0 Å². The van der Waals surface area contributed by atoms with Crippen molar-refractivity contribution >= 4 is 11.8 Å². The lowest BCUT2D eigenvalue weighted by molar-refractivity contribution is 0.0695. The molecule has 110 valence electrons. The quantitative estimate of drug-likeness (QED) is 0.896. The van der Waals surface area contributed by atoms with Crippen molar-refractivity contribution < 1.29 is 9.90 Å². The molecule has 1 N–H and O–H groups in total. The average molecular weight is 277 g/mol. The fraction of sp³-hybridized carbons (Fsp3) is 0.667. The van der Waals surface area contributed by atoms with Crippen LogP contribution >= 0.6 is 0 Å². The molecule has 5 nitrogen and oxygen atoms in total. The molecule has 1 saturated heterocycles. The van der Waals surface area contributed by atoms with Gasteiger partial charge in [-0.1, -0.05) is 20.8 Å². The smallest absolute Gasteiger partial charge is 0.339 e. The third-order valence-corrected chi connectivity index (χ3v) is 4.16. The van der Waals surface area contributed by atoms with Crippen molar-refractivity contribution in [2.75, 3.05) is 11.4 Å². The number of hydrogen-bond donors (Lipinski definition) is 1. The second kappa shape index (κ2) is 6.20. The van der Waals surface area contributed by atoms with Crippen molar-refractivity contribution in [1.29, 1.82) is 0 Å². The highest BCUT2D eigenvalue weighted by Crippen LogP contribution is 2.30. The van der Waals surface area contributed by atoms with Crippen molar-refractivity contribution in [1.82, 2.24) is 10.2 Å². The Labute approximate surface area is 120 Å². The summed E-state index contributed by atoms with van der Waals surface area (Å²) >= 11 is 0. The van der Waals surface area contributed by atoms with Crippen LogP contribution in [0.4, 0.5) is 5.82 Å². The van der Waals surface area contributed by atoms with E-state index in [0.717, 1.165) is 37.1 Å². The van der Waals surface area contributed by atoms with Crippen LogP contribution in [0.25, 0.3) is 0 Å². The molecule has 2 rings (SSSR count). The van der Waals surface area contributed by atoms with Gasteiger partial charge in [-0.3, -0.25) is 0 Å². The number of carbonyl (C=O) groups is 1. The highest BCUT2D eigenvalue weighted by atomic mass is 16.4. The first-order valence-electron chi connectivity index (χ1n) is 7.52. The van der Waals surface area contributed by atoms with Crippen molar-refractivity contribution in [2.45, 2.75) is 58.9 Å². The monoisotopic (exact) mass is 277 g/mol. The molecule has 1 fully saturated rings. The first kappa shape index (κ1) is 14.8. The molecule has 0 spiro atoms. The zero-order valence-corrected chi connectivity index (χ0v) is 12.5. The van der Waals surface area contributed by atoms with Crippen molar-refractivity contribution in [3.63, 3.8) is 0 Å². The van der Waals surface area contributed by atoms with Crippen LogP contribution < -0.4 is 4.90 Å². The number of aryl methyl sites for hydroxylation is 1. The zero-order chi connectivity index (χ0) is 14.7. The predicted octanol–water partition coefficient (Wildman–Crippen LogP) is 2.68. The lowest BCUT2D eigenvalue weighted by Crippen LogP contribution is -2.32. The summed E-state index contributed by atoms with van der Waals surface area (Å²) in [6.07, 6.45) is 4.61. The summed E-state index contributed by atoms with van der Waals surface area (Å²) in [4.78, 5) is 13.9.